The predicted molar refractivity (Wildman–Crippen MR) is 66.1 cm³/mol. The molecule has 1 unspecified atom stereocenters. The highest BCUT2D eigenvalue weighted by Gasteiger charge is 2.63. The molecule has 0 aromatic carbocycles. The molecule has 1 aliphatic rings. The molecule has 0 saturated carbocycles. The van der Waals surface area contributed by atoms with Crippen molar-refractivity contribution in [2.75, 3.05) is 6.61 Å². The second-order valence-electron chi connectivity index (χ2n) is 4.59. The van der Waals surface area contributed by atoms with E-state index in [-0.39, 0.29) is 23.7 Å². The summed E-state index contributed by atoms with van der Waals surface area (Å²) >= 11 is 0. The summed E-state index contributed by atoms with van der Waals surface area (Å²) in [5.41, 5.74) is -3.34. The second kappa shape index (κ2) is 6.42. The number of alkyl halides is 3. The van der Waals surface area contributed by atoms with Gasteiger partial charge in [0.2, 0.25) is 0 Å². The summed E-state index contributed by atoms with van der Waals surface area (Å²) in [6, 6.07) is 0. The number of carbonyl (C=O) groups is 2. The van der Waals surface area contributed by atoms with Crippen LogP contribution in [0.1, 0.15) is 39.5 Å². The van der Waals surface area contributed by atoms with Crippen molar-refractivity contribution in [3.63, 3.8) is 0 Å². The molecule has 9 heteroatoms. The summed E-state index contributed by atoms with van der Waals surface area (Å²) in [5.74, 6) is -2.22. The summed E-state index contributed by atoms with van der Waals surface area (Å²) in [4.78, 5) is 23.0. The van der Waals surface area contributed by atoms with E-state index in [1.54, 1.807) is 6.92 Å². The van der Waals surface area contributed by atoms with Crippen LogP contribution in [0.4, 0.5) is 13.2 Å². The third-order valence-electron chi connectivity index (χ3n) is 2.87. The van der Waals surface area contributed by atoms with Gasteiger partial charge in [-0.2, -0.15) is 23.3 Å². The zero-order valence-corrected chi connectivity index (χ0v) is 11.7. The van der Waals surface area contributed by atoms with E-state index in [4.69, 9.17) is 0 Å². The Bertz CT molecular complexity index is 450. The SMILES string of the molecule is CCCC1=NN(C(=O)CC(=O)OCC)C(O)(C(F)(F)F)C1. The van der Waals surface area contributed by atoms with Gasteiger partial charge in [0.1, 0.15) is 6.42 Å². The number of halogens is 3. The van der Waals surface area contributed by atoms with Gasteiger partial charge in [-0.25, -0.2) is 0 Å². The van der Waals surface area contributed by atoms with Gasteiger partial charge in [0.25, 0.3) is 11.6 Å². The van der Waals surface area contributed by atoms with Crippen LogP contribution >= 0.6 is 0 Å². The van der Waals surface area contributed by atoms with Gasteiger partial charge in [-0.15, -0.1) is 0 Å². The third kappa shape index (κ3) is 3.72. The van der Waals surface area contributed by atoms with Gasteiger partial charge >= 0.3 is 12.1 Å². The van der Waals surface area contributed by atoms with Crippen LogP contribution in [-0.2, 0) is 14.3 Å². The number of hydrogen-bond acceptors (Lipinski definition) is 5. The Morgan fingerprint density at radius 2 is 2.05 bits per heavy atom. The lowest BCUT2D eigenvalue weighted by Gasteiger charge is -2.32. The smallest absolute Gasteiger partial charge is 0.438 e. The average Bonchev–Trinajstić information content (AvgIpc) is 2.68. The Hall–Kier alpha value is -1.64. The first kappa shape index (κ1) is 17.4. The molecule has 1 heterocycles. The number of hydrazone groups is 1. The molecule has 0 aliphatic carbocycles. The average molecular weight is 310 g/mol. The van der Waals surface area contributed by atoms with Crippen molar-refractivity contribution in [2.24, 2.45) is 5.10 Å². The minimum absolute atomic E-state index is 0.00000456. The molecule has 6 nitrogen and oxygen atoms in total. The molecule has 1 aliphatic heterocycles. The fourth-order valence-electron chi connectivity index (χ4n) is 1.94. The Labute approximate surface area is 119 Å². The highest BCUT2D eigenvalue weighted by atomic mass is 19.4. The first-order valence-electron chi connectivity index (χ1n) is 6.49. The fourth-order valence-corrected chi connectivity index (χ4v) is 1.94. The monoisotopic (exact) mass is 310 g/mol. The van der Waals surface area contributed by atoms with Crippen LogP contribution < -0.4 is 0 Å². The van der Waals surface area contributed by atoms with E-state index < -0.39 is 36.6 Å². The molecular formula is C12H17F3N2O4. The Kier molecular flexibility index (Phi) is 5.32. The maximum absolute atomic E-state index is 13.0. The molecule has 0 spiro atoms. The van der Waals surface area contributed by atoms with E-state index in [1.165, 1.54) is 6.92 Å². The number of ether oxygens (including phenoxy) is 1. The number of carbonyl (C=O) groups excluding carboxylic acids is 2. The van der Waals surface area contributed by atoms with Crippen molar-refractivity contribution < 1.29 is 32.6 Å². The molecule has 0 aromatic heterocycles. The molecule has 1 N–H and O–H groups in total. The summed E-state index contributed by atoms with van der Waals surface area (Å²) in [5, 5.41) is 13.3. The zero-order valence-electron chi connectivity index (χ0n) is 11.7. The minimum Gasteiger partial charge on any atom is -0.466 e. The summed E-state index contributed by atoms with van der Waals surface area (Å²) < 4.78 is 43.6. The summed E-state index contributed by atoms with van der Waals surface area (Å²) in [6.07, 6.45) is -6.04. The lowest BCUT2D eigenvalue weighted by Crippen LogP contribution is -2.56. The molecule has 0 bridgehead atoms. The van der Waals surface area contributed by atoms with Gasteiger partial charge in [-0.1, -0.05) is 13.3 Å². The largest absolute Gasteiger partial charge is 0.466 e. The van der Waals surface area contributed by atoms with E-state index in [9.17, 15) is 27.9 Å². The van der Waals surface area contributed by atoms with Gasteiger partial charge in [0.05, 0.1) is 6.61 Å². The van der Waals surface area contributed by atoms with Crippen molar-refractivity contribution in [3.05, 3.63) is 0 Å². The van der Waals surface area contributed by atoms with Crippen molar-refractivity contribution in [1.82, 2.24) is 5.01 Å². The summed E-state index contributed by atoms with van der Waals surface area (Å²) in [6.45, 7) is 3.24. The van der Waals surface area contributed by atoms with E-state index in [2.05, 4.69) is 9.84 Å². The van der Waals surface area contributed by atoms with Crippen molar-refractivity contribution in [1.29, 1.82) is 0 Å². The van der Waals surface area contributed by atoms with Gasteiger partial charge in [0, 0.05) is 12.1 Å². The lowest BCUT2D eigenvalue weighted by molar-refractivity contribution is -0.302. The first-order chi connectivity index (χ1) is 9.65. The third-order valence-corrected chi connectivity index (χ3v) is 2.87. The maximum atomic E-state index is 13.0. The van der Waals surface area contributed by atoms with E-state index in [1.807, 2.05) is 0 Å². The van der Waals surface area contributed by atoms with Crippen LogP contribution in [0.15, 0.2) is 5.10 Å². The predicted octanol–water partition coefficient (Wildman–Crippen LogP) is 1.58. The molecule has 0 saturated heterocycles. The number of amides is 1. The van der Waals surface area contributed by atoms with Crippen LogP contribution in [0.2, 0.25) is 0 Å². The Morgan fingerprint density at radius 1 is 1.43 bits per heavy atom. The molecule has 1 rings (SSSR count). The Balaban J connectivity index is 2.97. The number of nitrogens with zero attached hydrogens (tertiary/aromatic N) is 2. The van der Waals surface area contributed by atoms with Crippen LogP contribution in [0, 0.1) is 0 Å². The van der Waals surface area contributed by atoms with Crippen LogP contribution in [-0.4, -0.2) is 46.2 Å². The molecular weight excluding hydrogens is 293 g/mol. The van der Waals surface area contributed by atoms with Gasteiger partial charge < -0.3 is 9.84 Å². The van der Waals surface area contributed by atoms with E-state index in [0.717, 1.165) is 0 Å². The number of esters is 1. The van der Waals surface area contributed by atoms with Crippen LogP contribution in [0.25, 0.3) is 0 Å². The van der Waals surface area contributed by atoms with Crippen molar-refractivity contribution in [3.8, 4) is 0 Å². The fraction of sp³-hybridized carbons (Fsp3) is 0.750. The molecule has 0 radical (unpaired) electrons. The van der Waals surface area contributed by atoms with Gasteiger partial charge in [-0.05, 0) is 13.3 Å². The van der Waals surface area contributed by atoms with Gasteiger partial charge in [0.15, 0.2) is 0 Å². The first-order valence-corrected chi connectivity index (χ1v) is 6.49. The normalized spacial score (nSPS) is 22.2. The van der Waals surface area contributed by atoms with Crippen molar-refractivity contribution >= 4 is 17.6 Å². The maximum Gasteiger partial charge on any atom is 0.438 e. The van der Waals surface area contributed by atoms with Crippen LogP contribution in [0.5, 0.6) is 0 Å². The molecule has 120 valence electrons. The lowest BCUT2D eigenvalue weighted by atomic mass is 10.0. The van der Waals surface area contributed by atoms with Crippen molar-refractivity contribution in [2.45, 2.75) is 51.4 Å². The summed E-state index contributed by atoms with van der Waals surface area (Å²) in [7, 11) is 0. The van der Waals surface area contributed by atoms with Gasteiger partial charge in [-0.3, -0.25) is 9.59 Å². The molecule has 21 heavy (non-hydrogen) atoms. The highest BCUT2D eigenvalue weighted by molar-refractivity contribution is 5.97. The quantitative estimate of drug-likeness (QED) is 0.617. The number of rotatable bonds is 5. The standard InChI is InChI=1S/C12H17F3N2O4/c1-3-5-8-7-11(20,12(13,14)15)17(16-8)9(18)6-10(19)21-4-2/h20H,3-7H2,1-2H3. The molecule has 0 aromatic rings. The van der Waals surface area contributed by atoms with E-state index in [0.29, 0.717) is 6.42 Å². The zero-order chi connectivity index (χ0) is 16.3. The number of hydrogen-bond donors (Lipinski definition) is 1. The Morgan fingerprint density at radius 3 is 2.52 bits per heavy atom. The molecule has 0 fully saturated rings. The molecule has 1 amide bonds. The molecule has 1 atom stereocenters. The second-order valence-corrected chi connectivity index (χ2v) is 4.59. The minimum atomic E-state index is -5.07. The van der Waals surface area contributed by atoms with Crippen LogP contribution in [0.3, 0.4) is 0 Å². The highest BCUT2D eigenvalue weighted by Crippen LogP contribution is 2.41. The topological polar surface area (TPSA) is 79.2 Å². The number of aliphatic hydroxyl groups is 1. The van der Waals surface area contributed by atoms with E-state index >= 15 is 0 Å².